The summed E-state index contributed by atoms with van der Waals surface area (Å²) in [6.45, 7) is 0. The number of aromatic nitrogens is 2. The van der Waals surface area contributed by atoms with Crippen LogP contribution in [0.25, 0.3) is 17.1 Å². The van der Waals surface area contributed by atoms with Gasteiger partial charge in [-0.3, -0.25) is 4.57 Å². The van der Waals surface area contributed by atoms with Crippen molar-refractivity contribution in [1.82, 2.24) is 9.55 Å². The van der Waals surface area contributed by atoms with Crippen LogP contribution < -0.4 is 0 Å². The molecule has 1 radical (unpaired) electrons. The Morgan fingerprint density at radius 2 is 1.83 bits per heavy atom. The van der Waals surface area contributed by atoms with E-state index in [1.54, 1.807) is 6.20 Å². The van der Waals surface area contributed by atoms with Crippen LogP contribution in [0.3, 0.4) is 0 Å². The van der Waals surface area contributed by atoms with E-state index in [2.05, 4.69) is 27.1 Å². The van der Waals surface area contributed by atoms with Crippen molar-refractivity contribution in [2.24, 2.45) is 0 Å². The van der Waals surface area contributed by atoms with Crippen LogP contribution in [0.15, 0.2) is 65.3 Å². The Balaban J connectivity index is 2.13. The van der Waals surface area contributed by atoms with Crippen LogP contribution in [0.2, 0.25) is 0 Å². The first-order valence-corrected chi connectivity index (χ1v) is 6.41. The van der Waals surface area contributed by atoms with Crippen LogP contribution in [-0.2, 0) is 0 Å². The highest BCUT2D eigenvalue weighted by atomic mass is 79.9. The van der Waals surface area contributed by atoms with E-state index in [1.165, 1.54) is 0 Å². The van der Waals surface area contributed by atoms with Crippen molar-refractivity contribution in [3.05, 3.63) is 71.5 Å². The number of hydrogen-bond donors (Lipinski definition) is 0. The van der Waals surface area contributed by atoms with Crippen molar-refractivity contribution >= 4 is 15.9 Å². The number of halogens is 1. The molecule has 0 aliphatic heterocycles. The molecule has 2 nitrogen and oxygen atoms in total. The molecule has 0 fully saturated rings. The van der Waals surface area contributed by atoms with Gasteiger partial charge in [0.1, 0.15) is 5.82 Å². The minimum absolute atomic E-state index is 0.897. The minimum Gasteiger partial charge on any atom is -0.291 e. The van der Waals surface area contributed by atoms with Crippen LogP contribution in [0, 0.1) is 6.20 Å². The second-order valence-electron chi connectivity index (χ2n) is 3.89. The molecule has 0 spiro atoms. The fourth-order valence-electron chi connectivity index (χ4n) is 1.87. The summed E-state index contributed by atoms with van der Waals surface area (Å²) in [7, 11) is 0. The first-order valence-electron chi connectivity index (χ1n) is 5.61. The Morgan fingerprint density at radius 3 is 2.61 bits per heavy atom. The molecule has 0 N–H and O–H groups in total. The number of hydrogen-bond acceptors (Lipinski definition) is 1. The summed E-state index contributed by atoms with van der Waals surface area (Å²) in [4.78, 5) is 4.38. The number of rotatable bonds is 2. The first kappa shape index (κ1) is 11.2. The van der Waals surface area contributed by atoms with Gasteiger partial charge in [-0.25, -0.2) is 4.98 Å². The number of imidazole rings is 1. The van der Waals surface area contributed by atoms with Gasteiger partial charge in [-0.05, 0) is 18.2 Å². The molecule has 0 bridgehead atoms. The maximum atomic E-state index is 4.38. The molecule has 0 saturated heterocycles. The van der Waals surface area contributed by atoms with Crippen molar-refractivity contribution < 1.29 is 0 Å². The summed E-state index contributed by atoms with van der Waals surface area (Å²) in [5, 5.41) is 0. The highest BCUT2D eigenvalue weighted by molar-refractivity contribution is 9.10. The van der Waals surface area contributed by atoms with Gasteiger partial charge in [0.15, 0.2) is 0 Å². The minimum atomic E-state index is 0.897. The standard InChI is InChI=1S/C15H10BrN2/c16-13-7-4-8-14(11-13)18-10-9-17-15(18)12-5-2-1-3-6-12/h1-9,11H. The van der Waals surface area contributed by atoms with Gasteiger partial charge < -0.3 is 0 Å². The maximum Gasteiger partial charge on any atom is 0.145 e. The number of nitrogens with zero attached hydrogens (tertiary/aromatic N) is 2. The van der Waals surface area contributed by atoms with Crippen LogP contribution in [0.4, 0.5) is 0 Å². The van der Waals surface area contributed by atoms with E-state index >= 15 is 0 Å². The Labute approximate surface area is 114 Å². The molecule has 0 amide bonds. The summed E-state index contributed by atoms with van der Waals surface area (Å²) in [5.74, 6) is 0.897. The fraction of sp³-hybridized carbons (Fsp3) is 0. The third-order valence-electron chi connectivity index (χ3n) is 2.68. The van der Waals surface area contributed by atoms with Gasteiger partial charge in [-0.2, -0.15) is 0 Å². The molecule has 2 aromatic carbocycles. The average molecular weight is 298 g/mol. The average Bonchev–Trinajstić information content (AvgIpc) is 2.89. The molecule has 3 aromatic rings. The van der Waals surface area contributed by atoms with Gasteiger partial charge in [-0.1, -0.05) is 52.3 Å². The molecule has 3 heteroatoms. The Morgan fingerprint density at radius 1 is 1.00 bits per heavy atom. The van der Waals surface area contributed by atoms with Crippen LogP contribution in [-0.4, -0.2) is 9.55 Å². The molecule has 1 heterocycles. The summed E-state index contributed by atoms with van der Waals surface area (Å²) < 4.78 is 3.00. The number of benzene rings is 2. The lowest BCUT2D eigenvalue weighted by molar-refractivity contribution is 1.06. The van der Waals surface area contributed by atoms with Gasteiger partial charge in [0.2, 0.25) is 0 Å². The second-order valence-corrected chi connectivity index (χ2v) is 4.81. The van der Waals surface area contributed by atoms with E-state index in [-0.39, 0.29) is 0 Å². The first-order chi connectivity index (χ1) is 8.84. The van der Waals surface area contributed by atoms with Crippen LogP contribution >= 0.6 is 15.9 Å². The molecule has 1 aromatic heterocycles. The topological polar surface area (TPSA) is 17.8 Å². The van der Waals surface area contributed by atoms with Crippen LogP contribution in [0.5, 0.6) is 0 Å². The summed E-state index contributed by atoms with van der Waals surface area (Å²) in [6.07, 6.45) is 4.83. The molecule has 0 aliphatic carbocycles. The molecule has 87 valence electrons. The fourth-order valence-corrected chi connectivity index (χ4v) is 2.26. The maximum absolute atomic E-state index is 4.38. The Kier molecular flexibility index (Phi) is 2.99. The van der Waals surface area contributed by atoms with E-state index in [0.717, 1.165) is 21.5 Å². The summed E-state index contributed by atoms with van der Waals surface area (Å²) >= 11 is 3.48. The van der Waals surface area contributed by atoms with Crippen molar-refractivity contribution in [2.45, 2.75) is 0 Å². The lowest BCUT2D eigenvalue weighted by atomic mass is 10.2. The van der Waals surface area contributed by atoms with Gasteiger partial charge in [0.05, 0.1) is 12.4 Å². The monoisotopic (exact) mass is 297 g/mol. The summed E-state index contributed by atoms with van der Waals surface area (Å²) in [5.41, 5.74) is 2.12. The second kappa shape index (κ2) is 4.78. The molecule has 0 aliphatic rings. The predicted octanol–water partition coefficient (Wildman–Crippen LogP) is 4.10. The highest BCUT2D eigenvalue weighted by Crippen LogP contribution is 2.22. The quantitative estimate of drug-likeness (QED) is 0.696. The SMILES string of the molecule is Brc1cccc(-n2[c]cnc2-c2ccccc2)c1. The molecule has 0 unspecified atom stereocenters. The van der Waals surface area contributed by atoms with E-state index in [1.807, 2.05) is 59.2 Å². The van der Waals surface area contributed by atoms with Crippen molar-refractivity contribution in [1.29, 1.82) is 0 Å². The van der Waals surface area contributed by atoms with E-state index in [4.69, 9.17) is 0 Å². The van der Waals surface area contributed by atoms with Crippen molar-refractivity contribution in [3.8, 4) is 17.1 Å². The van der Waals surface area contributed by atoms with Crippen LogP contribution in [0.1, 0.15) is 0 Å². The van der Waals surface area contributed by atoms with Gasteiger partial charge in [0, 0.05) is 15.7 Å². The molecule has 3 rings (SSSR count). The predicted molar refractivity (Wildman–Crippen MR) is 75.5 cm³/mol. The molecule has 0 saturated carbocycles. The zero-order valence-corrected chi connectivity index (χ0v) is 11.1. The lowest BCUT2D eigenvalue weighted by Crippen LogP contribution is -1.96. The normalized spacial score (nSPS) is 10.5. The van der Waals surface area contributed by atoms with Gasteiger partial charge in [0.25, 0.3) is 0 Å². The van der Waals surface area contributed by atoms with E-state index in [9.17, 15) is 0 Å². The molecular formula is C15H10BrN2. The third kappa shape index (κ3) is 2.09. The molecule has 18 heavy (non-hydrogen) atoms. The van der Waals surface area contributed by atoms with Crippen molar-refractivity contribution in [2.75, 3.05) is 0 Å². The molecular weight excluding hydrogens is 288 g/mol. The van der Waals surface area contributed by atoms with Crippen molar-refractivity contribution in [3.63, 3.8) is 0 Å². The molecule has 0 atom stereocenters. The third-order valence-corrected chi connectivity index (χ3v) is 3.18. The largest absolute Gasteiger partial charge is 0.291 e. The zero-order chi connectivity index (χ0) is 12.4. The van der Waals surface area contributed by atoms with Gasteiger partial charge >= 0.3 is 0 Å². The smallest absolute Gasteiger partial charge is 0.145 e. The highest BCUT2D eigenvalue weighted by Gasteiger charge is 2.07. The summed E-state index contributed by atoms with van der Waals surface area (Å²) in [6, 6.07) is 18.2. The Bertz CT molecular complexity index is 659. The Hall–Kier alpha value is -1.87. The van der Waals surface area contributed by atoms with E-state index < -0.39 is 0 Å². The zero-order valence-electron chi connectivity index (χ0n) is 9.55. The van der Waals surface area contributed by atoms with Gasteiger partial charge in [-0.15, -0.1) is 0 Å². The lowest BCUT2D eigenvalue weighted by Gasteiger charge is -2.07. The van der Waals surface area contributed by atoms with E-state index in [0.29, 0.717) is 0 Å².